The smallest absolute Gasteiger partial charge is 0.347 e. The van der Waals surface area contributed by atoms with Gasteiger partial charge in [0, 0.05) is 57.8 Å². The summed E-state index contributed by atoms with van der Waals surface area (Å²) in [7, 11) is 0. The summed E-state index contributed by atoms with van der Waals surface area (Å²) in [5, 5.41) is 0.156. The van der Waals surface area contributed by atoms with E-state index in [2.05, 4.69) is 95.6 Å². The molecule has 33 nitrogen and oxygen atoms in total. The Hall–Kier alpha value is -5.19. The highest BCUT2D eigenvalue weighted by molar-refractivity contribution is 9.10. The van der Waals surface area contributed by atoms with Crippen LogP contribution in [0.15, 0.2) is 0 Å². The van der Waals surface area contributed by atoms with Gasteiger partial charge in [-0.3, -0.25) is 57.5 Å². The van der Waals surface area contributed by atoms with Crippen LogP contribution in [-0.2, 0) is 157 Å². The minimum atomic E-state index is -0.964. The van der Waals surface area contributed by atoms with Gasteiger partial charge in [-0.2, -0.15) is 0 Å². The molecule has 12 aliphatic heterocycles. The summed E-state index contributed by atoms with van der Waals surface area (Å²) in [6.45, 7) is 14.6. The normalized spacial score (nSPS) is 38.5. The standard InChI is InChI=1S/C17H23BrO6.C16H21BrO6.C15H19BrO6.C15H21BrO5.2C14H19BrO5/c1-3-13(23-14(19)9(2)18)16(21)24-17-6-10-4-11(7-17)15(20)22-12(5-10)8-17;1-8(17)13(18)21-9(2)14(19)23-16-5-10-3-11(6-16)15(20)22-12(4-10)7-16;1-8(16)13(18)20-7-12(17)22-15-4-9-2-10(5-15)14(19)21-11(3-9)6-15;1-8(16)13(17)19-9(2)21-15-5-10-3-11(6-15)14(18)20-12(4-10)7-15;1-8(15)12(16)18-7-19-14-4-9-2-10(5-14)13(17)20-11(3-9)6-14;1-8(18-12(16)7-15)20-14-4-9-2-10(5-14)13(17)19-11(3-9)6-14/h9-13H,3-8H2,1-2H3;8-12H,3-7H2,1-2H3;8-11H,2-7H2,1H3;8-12H,3-7H2,1-2H3;2*8-11H,2-7H2,1H3. The van der Waals surface area contributed by atoms with Crippen molar-refractivity contribution in [2.24, 2.45) is 71.0 Å². The van der Waals surface area contributed by atoms with Crippen LogP contribution in [0.25, 0.3) is 0 Å². The molecule has 33 atom stereocenters. The minimum Gasteiger partial charge on any atom is -0.462 e. The van der Waals surface area contributed by atoms with Gasteiger partial charge >= 0.3 is 89.5 Å². The zero-order valence-electron chi connectivity index (χ0n) is 74.9. The van der Waals surface area contributed by atoms with Crippen molar-refractivity contribution in [3.05, 3.63) is 0 Å². The maximum atomic E-state index is 12.6. The number of ether oxygens (including phenoxy) is 18. The molecular formula is C91H122Br6O33. The third-order valence-corrected chi connectivity index (χ3v) is 31.1. The average Bonchev–Trinajstić information content (AvgIpc) is 1.62. The molecule has 24 fully saturated rings. The maximum Gasteiger partial charge on any atom is 0.347 e. The Morgan fingerprint density at radius 2 is 0.600 bits per heavy atom. The first-order valence-electron chi connectivity index (χ1n) is 46.1. The molecule has 39 heteroatoms. The Balaban J connectivity index is 0.000000133. The summed E-state index contributed by atoms with van der Waals surface area (Å²) < 4.78 is 99.0. The van der Waals surface area contributed by atoms with Gasteiger partial charge in [0.15, 0.2) is 25.6 Å². The molecule has 33 unspecified atom stereocenters. The van der Waals surface area contributed by atoms with Crippen LogP contribution in [0, 0.1) is 71.0 Å². The van der Waals surface area contributed by atoms with Crippen LogP contribution in [0.2, 0.25) is 0 Å². The number of carbonyl (C=O) groups is 15. The fourth-order valence-electron chi connectivity index (χ4n) is 24.6. The second kappa shape index (κ2) is 42.8. The van der Waals surface area contributed by atoms with Crippen molar-refractivity contribution in [1.29, 1.82) is 0 Å². The number of esters is 15. The summed E-state index contributed by atoms with van der Waals surface area (Å²) in [5.74, 6) is -3.04. The van der Waals surface area contributed by atoms with Gasteiger partial charge in [-0.15, -0.1) is 0 Å². The molecule has 130 heavy (non-hydrogen) atoms. The Morgan fingerprint density at radius 3 is 0.954 bits per heavy atom. The monoisotopic (exact) mass is 2220 g/mol. The molecule has 0 radical (unpaired) electrons. The van der Waals surface area contributed by atoms with E-state index in [4.69, 9.17) is 85.3 Å². The number of alkyl halides is 6. The van der Waals surface area contributed by atoms with Crippen LogP contribution < -0.4 is 0 Å². The molecule has 24 aliphatic rings. The Kier molecular flexibility index (Phi) is 33.7. The van der Waals surface area contributed by atoms with Gasteiger partial charge in [-0.25, -0.2) is 14.4 Å². The van der Waals surface area contributed by atoms with E-state index in [1.807, 2.05) is 0 Å². The predicted molar refractivity (Wildman–Crippen MR) is 472 cm³/mol. The van der Waals surface area contributed by atoms with Crippen molar-refractivity contribution in [3.8, 4) is 0 Å². The number of rotatable bonds is 25. The molecule has 0 amide bonds. The maximum absolute atomic E-state index is 12.6. The first kappa shape index (κ1) is 102. The Morgan fingerprint density at radius 1 is 0.315 bits per heavy atom. The van der Waals surface area contributed by atoms with E-state index < -0.39 is 98.5 Å². The molecule has 12 saturated heterocycles. The van der Waals surface area contributed by atoms with Crippen molar-refractivity contribution in [2.45, 2.75) is 381 Å². The second-order valence-corrected chi connectivity index (χ2v) is 47.3. The molecule has 0 aromatic heterocycles. The van der Waals surface area contributed by atoms with Gasteiger partial charge in [-0.1, -0.05) is 103 Å². The fourth-order valence-corrected chi connectivity index (χ4v) is 25.3. The molecule has 12 heterocycles. The van der Waals surface area contributed by atoms with Gasteiger partial charge in [0.25, 0.3) is 0 Å². The number of fused-ring (bicyclic) bond motifs is 6. The summed E-state index contributed by atoms with van der Waals surface area (Å²) >= 11 is 18.7. The lowest BCUT2D eigenvalue weighted by Crippen LogP contribution is -2.49. The van der Waals surface area contributed by atoms with Crippen LogP contribution in [0.3, 0.4) is 0 Å². The van der Waals surface area contributed by atoms with Crippen molar-refractivity contribution < 1.29 is 157 Å². The van der Waals surface area contributed by atoms with Crippen molar-refractivity contribution in [2.75, 3.05) is 18.7 Å². The van der Waals surface area contributed by atoms with Gasteiger partial charge in [0.1, 0.15) is 82.9 Å². The van der Waals surface area contributed by atoms with Gasteiger partial charge in [0.05, 0.1) is 52.3 Å². The largest absolute Gasteiger partial charge is 0.462 e. The molecule has 0 aromatic carbocycles. The van der Waals surface area contributed by atoms with Crippen LogP contribution in [0.4, 0.5) is 0 Å². The summed E-state index contributed by atoms with van der Waals surface area (Å²) in [5.41, 5.74) is -3.03. The van der Waals surface area contributed by atoms with Crippen LogP contribution in [0.1, 0.15) is 261 Å². The SMILES string of the molecule is CC(Br)C(=O)OC(C)C(=O)OC12CC3CC(C1)OC(=O)C(C3)C2.CC(Br)C(=O)OCC(=O)OC12CC3CC(C1)OC(=O)C(C3)C2.CC(Br)C(=O)OCOC12CC3CC(C1)OC(=O)C(C3)C2.CC(OC(=O)C(C)Br)OC12CC3CC(C1)OC(=O)C(C3)C2.CC(OC(=O)CBr)OC12CC3CC(C1)OC(=O)C(C3)C2.CCC(OC(=O)C(C)Br)C(=O)OC12CC3CC(C1)OC(=O)C(C3)C2. The molecule has 726 valence electrons. The van der Waals surface area contributed by atoms with Gasteiger partial charge in [0.2, 0.25) is 12.6 Å². The van der Waals surface area contributed by atoms with E-state index in [-0.39, 0.29) is 164 Å². The lowest BCUT2D eigenvalue weighted by Gasteiger charge is -2.46. The van der Waals surface area contributed by atoms with Crippen molar-refractivity contribution in [3.63, 3.8) is 0 Å². The summed E-state index contributed by atoms with van der Waals surface area (Å²) in [4.78, 5) is 176. The van der Waals surface area contributed by atoms with Crippen LogP contribution in [0.5, 0.6) is 0 Å². The molecule has 0 N–H and O–H groups in total. The fraction of sp³-hybridized carbons (Fsp3) is 0.835. The van der Waals surface area contributed by atoms with Gasteiger partial charge < -0.3 is 85.3 Å². The van der Waals surface area contributed by atoms with E-state index in [0.29, 0.717) is 99.7 Å². The van der Waals surface area contributed by atoms with E-state index in [0.717, 1.165) is 135 Å². The first-order chi connectivity index (χ1) is 61.3. The quantitative estimate of drug-likeness (QED) is 0.0354. The highest BCUT2D eigenvalue weighted by atomic mass is 79.9. The first-order valence-corrected chi connectivity index (χ1v) is 51.8. The number of hydrogen-bond acceptors (Lipinski definition) is 33. The Bertz CT molecular complexity index is 4220. The molecule has 12 aliphatic carbocycles. The molecule has 24 rings (SSSR count). The number of hydrogen-bond donors (Lipinski definition) is 0. The molecule has 12 saturated carbocycles. The summed E-state index contributed by atoms with van der Waals surface area (Å²) in [6.07, 6.45) is 19.9. The van der Waals surface area contributed by atoms with Crippen LogP contribution in [-0.4, -0.2) is 227 Å². The third-order valence-electron chi connectivity index (χ3n) is 28.8. The van der Waals surface area contributed by atoms with E-state index in [1.165, 1.54) is 6.92 Å². The number of halogens is 6. The highest BCUT2D eigenvalue weighted by Crippen LogP contribution is 2.58. The van der Waals surface area contributed by atoms with Gasteiger partial charge in [-0.05, 0) is 232 Å². The summed E-state index contributed by atoms with van der Waals surface area (Å²) in [6, 6.07) is 0. The Labute approximate surface area is 806 Å². The van der Waals surface area contributed by atoms with Crippen molar-refractivity contribution in [1.82, 2.24) is 0 Å². The molecule has 0 spiro atoms. The minimum absolute atomic E-state index is 0.0282. The zero-order chi connectivity index (χ0) is 94.0. The lowest BCUT2D eigenvalue weighted by molar-refractivity contribution is -0.230. The highest BCUT2D eigenvalue weighted by Gasteiger charge is 2.62. The van der Waals surface area contributed by atoms with Crippen molar-refractivity contribution >= 4 is 185 Å². The predicted octanol–water partition coefficient (Wildman–Crippen LogP) is 13.2. The second-order valence-electron chi connectivity index (χ2n) is 39.9. The zero-order valence-corrected chi connectivity index (χ0v) is 84.4. The molecule has 0 aromatic rings. The third kappa shape index (κ3) is 25.8. The average molecular weight is 2220 g/mol. The molecular weight excluding hydrogens is 2100 g/mol. The lowest BCUT2D eigenvalue weighted by atomic mass is 9.65. The molecule has 24 bridgehead atoms. The van der Waals surface area contributed by atoms with E-state index in [1.54, 1.807) is 55.4 Å². The number of carbonyl (C=O) groups excluding carboxylic acids is 15. The van der Waals surface area contributed by atoms with E-state index >= 15 is 0 Å². The van der Waals surface area contributed by atoms with E-state index in [9.17, 15) is 71.9 Å². The topological polar surface area (TPSA) is 422 Å². The van der Waals surface area contributed by atoms with Crippen LogP contribution >= 0.6 is 95.6 Å².